The molecule has 1 N–H and O–H groups in total. The monoisotopic (exact) mass is 437 g/mol. The molecule has 0 spiro atoms. The summed E-state index contributed by atoms with van der Waals surface area (Å²) in [6.07, 6.45) is -0.0792. The molecule has 0 saturated heterocycles. The highest BCUT2D eigenvalue weighted by molar-refractivity contribution is 9.11. The van der Waals surface area contributed by atoms with Crippen LogP contribution in [0.4, 0.5) is 9.93 Å². The number of carbonyl (C=O) groups excluding carboxylic acids is 1. The summed E-state index contributed by atoms with van der Waals surface area (Å²) in [6.45, 7) is 0.625. The van der Waals surface area contributed by atoms with Gasteiger partial charge in [-0.1, -0.05) is 11.3 Å². The van der Waals surface area contributed by atoms with Crippen molar-refractivity contribution in [3.05, 3.63) is 26.5 Å². The molecule has 0 saturated carbocycles. The molecule has 0 fully saturated rings. The summed E-state index contributed by atoms with van der Waals surface area (Å²) in [5.74, 6) is 0. The normalized spacial score (nSPS) is 15.2. The number of sulfonamides is 1. The Balaban J connectivity index is 1.81. The average molecular weight is 438 g/mol. The van der Waals surface area contributed by atoms with Crippen LogP contribution in [0.25, 0.3) is 0 Å². The third kappa shape index (κ3) is 3.43. The summed E-state index contributed by atoms with van der Waals surface area (Å²) in [5, 5.41) is 2.93. The van der Waals surface area contributed by atoms with Crippen molar-refractivity contribution in [1.82, 2.24) is 9.29 Å². The molecule has 3 rings (SSSR count). The number of fused-ring (bicyclic) bond motifs is 1. The molecule has 2 aromatic heterocycles. The van der Waals surface area contributed by atoms with Crippen LogP contribution in [0.5, 0.6) is 0 Å². The molecule has 0 bridgehead atoms. The molecule has 1 aliphatic heterocycles. The van der Waals surface area contributed by atoms with E-state index in [1.807, 2.05) is 0 Å². The van der Waals surface area contributed by atoms with Crippen LogP contribution in [0.1, 0.15) is 10.6 Å². The zero-order chi connectivity index (χ0) is 16.6. The molecule has 2 aromatic rings. The van der Waals surface area contributed by atoms with Gasteiger partial charge in [0.15, 0.2) is 5.13 Å². The maximum atomic E-state index is 12.7. The van der Waals surface area contributed by atoms with Gasteiger partial charge in [0.2, 0.25) is 0 Å². The van der Waals surface area contributed by atoms with E-state index in [0.717, 1.165) is 14.4 Å². The molecule has 0 radical (unpaired) electrons. The van der Waals surface area contributed by atoms with Crippen molar-refractivity contribution in [1.29, 1.82) is 0 Å². The number of nitrogens with zero attached hydrogens (tertiary/aromatic N) is 2. The number of ether oxygens (including phenoxy) is 1. The summed E-state index contributed by atoms with van der Waals surface area (Å²) in [6, 6.07) is 3.31. The first-order valence-corrected chi connectivity index (χ1v) is 10.4. The predicted molar refractivity (Wildman–Crippen MR) is 91.5 cm³/mol. The summed E-state index contributed by atoms with van der Waals surface area (Å²) < 4.78 is 32.4. The van der Waals surface area contributed by atoms with Crippen molar-refractivity contribution in [2.45, 2.75) is 17.2 Å². The van der Waals surface area contributed by atoms with Crippen molar-refractivity contribution in [2.24, 2.45) is 0 Å². The third-order valence-corrected chi connectivity index (χ3v) is 8.17. The number of rotatable bonds is 3. The van der Waals surface area contributed by atoms with E-state index in [-0.39, 0.29) is 6.54 Å². The van der Waals surface area contributed by atoms with Crippen LogP contribution < -0.4 is 5.32 Å². The number of hydrogen-bond acceptors (Lipinski definition) is 7. The molecule has 3 heterocycles. The quantitative estimate of drug-likeness (QED) is 0.796. The number of amides is 1. The number of methoxy groups -OCH3 is 1. The van der Waals surface area contributed by atoms with Gasteiger partial charge in [-0.05, 0) is 28.1 Å². The minimum absolute atomic E-state index is 0.258. The first-order chi connectivity index (χ1) is 10.9. The van der Waals surface area contributed by atoms with Crippen LogP contribution in [0.15, 0.2) is 20.1 Å². The molecule has 7 nitrogen and oxygen atoms in total. The topological polar surface area (TPSA) is 88.6 Å². The number of aromatic nitrogens is 1. The van der Waals surface area contributed by atoms with Gasteiger partial charge in [-0.2, -0.15) is 4.31 Å². The number of nitrogens with one attached hydrogen (secondary N) is 1. The first kappa shape index (κ1) is 16.8. The molecule has 11 heteroatoms. The van der Waals surface area contributed by atoms with Gasteiger partial charge >= 0.3 is 6.09 Å². The van der Waals surface area contributed by atoms with Gasteiger partial charge < -0.3 is 4.74 Å². The number of hydrogen-bond donors (Lipinski definition) is 1. The fourth-order valence-corrected chi connectivity index (χ4v) is 6.80. The standard InChI is InChI=1S/C12H12BrN3O4S3/c1-20-12(17)15-11-14-7-4-5-16(6-8(7)21-11)23(18,19)10-3-2-9(13)22-10/h2-3H,4-6H2,1H3,(H,14,15,17). The number of thiazole rings is 1. The number of anilines is 1. The van der Waals surface area contributed by atoms with Gasteiger partial charge in [0.25, 0.3) is 10.0 Å². The van der Waals surface area contributed by atoms with Gasteiger partial charge in [-0.3, -0.25) is 5.32 Å². The predicted octanol–water partition coefficient (Wildman–Crippen LogP) is 2.89. The van der Waals surface area contributed by atoms with E-state index in [0.29, 0.717) is 22.3 Å². The zero-order valence-corrected chi connectivity index (χ0v) is 15.9. The molecule has 1 aliphatic rings. The molecule has 124 valence electrons. The lowest BCUT2D eigenvalue weighted by molar-refractivity contribution is 0.187. The molecular formula is C12H12BrN3O4S3. The molecular weight excluding hydrogens is 426 g/mol. The van der Waals surface area contributed by atoms with E-state index < -0.39 is 16.1 Å². The van der Waals surface area contributed by atoms with Crippen LogP contribution in [0.3, 0.4) is 0 Å². The largest absolute Gasteiger partial charge is 0.453 e. The van der Waals surface area contributed by atoms with E-state index in [9.17, 15) is 13.2 Å². The lowest BCUT2D eigenvalue weighted by Crippen LogP contribution is -2.35. The number of halogens is 1. The van der Waals surface area contributed by atoms with E-state index in [1.54, 1.807) is 12.1 Å². The lowest BCUT2D eigenvalue weighted by atomic mass is 10.2. The Hall–Kier alpha value is -1.01. The fourth-order valence-electron chi connectivity index (χ4n) is 2.13. The lowest BCUT2D eigenvalue weighted by Gasteiger charge is -2.24. The van der Waals surface area contributed by atoms with E-state index >= 15 is 0 Å². The molecule has 0 aromatic carbocycles. The summed E-state index contributed by atoms with van der Waals surface area (Å²) in [4.78, 5) is 16.4. The second kappa shape index (κ2) is 6.48. The highest BCUT2D eigenvalue weighted by atomic mass is 79.9. The molecule has 0 aliphatic carbocycles. The second-order valence-corrected chi connectivity index (χ2v) is 10.4. The van der Waals surface area contributed by atoms with E-state index in [4.69, 9.17) is 0 Å². The van der Waals surface area contributed by atoms with Gasteiger partial charge in [0.05, 0.1) is 23.1 Å². The van der Waals surface area contributed by atoms with Crippen molar-refractivity contribution >= 4 is 59.9 Å². The minimum Gasteiger partial charge on any atom is -0.453 e. The summed E-state index contributed by atoms with van der Waals surface area (Å²) in [5.41, 5.74) is 0.820. The van der Waals surface area contributed by atoms with Gasteiger partial charge in [-0.25, -0.2) is 18.2 Å². The molecule has 23 heavy (non-hydrogen) atoms. The Kier molecular flexibility index (Phi) is 4.74. The molecule has 0 unspecified atom stereocenters. The van der Waals surface area contributed by atoms with Gasteiger partial charge in [0, 0.05) is 17.8 Å². The zero-order valence-electron chi connectivity index (χ0n) is 11.9. The maximum Gasteiger partial charge on any atom is 0.413 e. The Morgan fingerprint density at radius 1 is 1.43 bits per heavy atom. The number of thiophene rings is 1. The van der Waals surface area contributed by atoms with Crippen LogP contribution in [-0.4, -0.2) is 37.5 Å². The van der Waals surface area contributed by atoms with Gasteiger partial charge in [0.1, 0.15) is 4.21 Å². The summed E-state index contributed by atoms with van der Waals surface area (Å²) >= 11 is 5.73. The number of carbonyl (C=O) groups is 1. The van der Waals surface area contributed by atoms with Gasteiger partial charge in [-0.15, -0.1) is 11.3 Å². The SMILES string of the molecule is COC(=O)Nc1nc2c(s1)CN(S(=O)(=O)c1ccc(Br)s1)CC2. The highest BCUT2D eigenvalue weighted by Crippen LogP contribution is 2.33. The fraction of sp³-hybridized carbons (Fsp3) is 0.333. The maximum absolute atomic E-state index is 12.7. The van der Waals surface area contributed by atoms with Crippen molar-refractivity contribution in [2.75, 3.05) is 19.0 Å². The Morgan fingerprint density at radius 3 is 2.87 bits per heavy atom. The smallest absolute Gasteiger partial charge is 0.413 e. The van der Waals surface area contributed by atoms with Crippen LogP contribution in [0.2, 0.25) is 0 Å². The average Bonchev–Trinajstić information content (AvgIpc) is 3.12. The summed E-state index contributed by atoms with van der Waals surface area (Å²) in [7, 11) is -2.24. The van der Waals surface area contributed by atoms with E-state index in [1.165, 1.54) is 34.1 Å². The van der Waals surface area contributed by atoms with Crippen LogP contribution >= 0.6 is 38.6 Å². The van der Waals surface area contributed by atoms with Crippen LogP contribution in [0, 0.1) is 0 Å². The Labute approximate surface area is 149 Å². The highest BCUT2D eigenvalue weighted by Gasteiger charge is 2.31. The Morgan fingerprint density at radius 2 is 2.22 bits per heavy atom. The third-order valence-electron chi connectivity index (χ3n) is 3.23. The van der Waals surface area contributed by atoms with Crippen molar-refractivity contribution in [3.63, 3.8) is 0 Å². The van der Waals surface area contributed by atoms with Crippen molar-refractivity contribution < 1.29 is 17.9 Å². The molecule has 0 atom stereocenters. The Bertz CT molecular complexity index is 846. The van der Waals surface area contributed by atoms with E-state index in [2.05, 4.69) is 31.0 Å². The molecule has 1 amide bonds. The minimum atomic E-state index is -3.51. The first-order valence-electron chi connectivity index (χ1n) is 6.49. The van der Waals surface area contributed by atoms with Crippen molar-refractivity contribution in [3.8, 4) is 0 Å². The second-order valence-electron chi connectivity index (χ2n) is 4.65. The van der Waals surface area contributed by atoms with Crippen LogP contribution in [-0.2, 0) is 27.7 Å².